The first-order valence-electron chi connectivity index (χ1n) is 3.13. The second-order valence-corrected chi connectivity index (χ2v) is 2.74. The van der Waals surface area contributed by atoms with Gasteiger partial charge in [0.2, 0.25) is 0 Å². The van der Waals surface area contributed by atoms with Gasteiger partial charge in [-0.1, -0.05) is 0 Å². The van der Waals surface area contributed by atoms with Crippen LogP contribution in [0, 0.1) is 0 Å². The fourth-order valence-electron chi connectivity index (χ4n) is 0.341. The van der Waals surface area contributed by atoms with Gasteiger partial charge < -0.3 is 16.2 Å². The van der Waals surface area contributed by atoms with E-state index in [2.05, 4.69) is 0 Å². The summed E-state index contributed by atoms with van der Waals surface area (Å²) in [6, 6.07) is 0. The monoisotopic (exact) mass is 146 g/mol. The average molecular weight is 146 g/mol. The normalized spacial score (nSPS) is 11.8. The lowest BCUT2D eigenvalue weighted by molar-refractivity contribution is -0.153. The Labute approximate surface area is 60.5 Å². The maximum absolute atomic E-state index is 10.8. The molecule has 0 radical (unpaired) electrons. The van der Waals surface area contributed by atoms with Crippen LogP contribution in [0.2, 0.25) is 0 Å². The molecule has 10 heavy (non-hydrogen) atoms. The van der Waals surface area contributed by atoms with Crippen LogP contribution in [0.25, 0.3) is 0 Å². The number of hydrogen-bond donors (Lipinski definition) is 2. The van der Waals surface area contributed by atoms with Crippen LogP contribution >= 0.6 is 0 Å². The summed E-state index contributed by atoms with van der Waals surface area (Å²) in [6.07, 6.45) is -0.168. The van der Waals surface area contributed by atoms with E-state index in [-0.39, 0.29) is 6.10 Å². The number of esters is 1. The van der Waals surface area contributed by atoms with Gasteiger partial charge in [0.25, 0.3) is 0 Å². The fraction of sp³-hybridized carbons (Fsp3) is 0.833. The fourth-order valence-corrected chi connectivity index (χ4v) is 0.341. The van der Waals surface area contributed by atoms with Crippen molar-refractivity contribution in [3.63, 3.8) is 0 Å². The van der Waals surface area contributed by atoms with Crippen molar-refractivity contribution in [1.82, 2.24) is 0 Å². The van der Waals surface area contributed by atoms with Crippen molar-refractivity contribution in [3.05, 3.63) is 0 Å². The quantitative estimate of drug-likeness (QED) is 0.409. The van der Waals surface area contributed by atoms with Gasteiger partial charge >= 0.3 is 5.97 Å². The largest absolute Gasteiger partial charge is 0.461 e. The topological polar surface area (TPSA) is 78.3 Å². The van der Waals surface area contributed by atoms with E-state index in [1.54, 1.807) is 13.8 Å². The van der Waals surface area contributed by atoms with Gasteiger partial charge in [-0.2, -0.15) is 0 Å². The Balaban J connectivity index is 3.87. The molecule has 0 saturated heterocycles. The lowest BCUT2D eigenvalue weighted by Crippen LogP contribution is -2.54. The molecule has 4 nitrogen and oxygen atoms in total. The molecule has 0 unspecified atom stereocenters. The van der Waals surface area contributed by atoms with Gasteiger partial charge in [0.05, 0.1) is 6.10 Å². The minimum atomic E-state index is -1.37. The Hall–Kier alpha value is -0.610. The highest BCUT2D eigenvalue weighted by Crippen LogP contribution is 1.96. The van der Waals surface area contributed by atoms with E-state index in [9.17, 15) is 4.79 Å². The molecule has 0 rings (SSSR count). The van der Waals surface area contributed by atoms with Crippen molar-refractivity contribution in [2.75, 3.05) is 0 Å². The molecule has 0 aromatic carbocycles. The molecule has 0 aliphatic rings. The Bertz CT molecular complexity index is 126. The van der Waals surface area contributed by atoms with E-state index in [1.165, 1.54) is 6.92 Å². The molecule has 0 aliphatic heterocycles. The van der Waals surface area contributed by atoms with Crippen LogP contribution in [0.3, 0.4) is 0 Å². The van der Waals surface area contributed by atoms with Gasteiger partial charge in [0, 0.05) is 0 Å². The van der Waals surface area contributed by atoms with Gasteiger partial charge in [-0.3, -0.25) is 0 Å². The molecule has 60 valence electrons. The number of ether oxygens (including phenoxy) is 1. The van der Waals surface area contributed by atoms with Gasteiger partial charge in [0.1, 0.15) is 0 Å². The van der Waals surface area contributed by atoms with Crippen molar-refractivity contribution in [2.45, 2.75) is 32.5 Å². The summed E-state index contributed by atoms with van der Waals surface area (Å²) in [5.41, 5.74) is 9.09. The molecule has 0 aromatic rings. The van der Waals surface area contributed by atoms with E-state index >= 15 is 0 Å². The smallest absolute Gasteiger partial charge is 0.340 e. The molecular formula is C6H14N2O2. The van der Waals surface area contributed by atoms with Gasteiger partial charge in [-0.05, 0) is 20.8 Å². The van der Waals surface area contributed by atoms with Crippen LogP contribution in [0.5, 0.6) is 0 Å². The zero-order valence-corrected chi connectivity index (χ0v) is 6.55. The summed E-state index contributed by atoms with van der Waals surface area (Å²) in [7, 11) is 0. The van der Waals surface area contributed by atoms with Crippen LogP contribution < -0.4 is 11.5 Å². The first-order chi connectivity index (χ1) is 4.34. The predicted molar refractivity (Wildman–Crippen MR) is 38.0 cm³/mol. The van der Waals surface area contributed by atoms with Crippen LogP contribution in [0.4, 0.5) is 0 Å². The highest BCUT2D eigenvalue weighted by Gasteiger charge is 2.24. The molecule has 0 amide bonds. The molecule has 0 bridgehead atoms. The zero-order chi connectivity index (χ0) is 8.36. The summed E-state index contributed by atoms with van der Waals surface area (Å²) in [5, 5.41) is 0. The van der Waals surface area contributed by atoms with Crippen molar-refractivity contribution in [3.8, 4) is 0 Å². The third-order valence-electron chi connectivity index (χ3n) is 0.783. The van der Waals surface area contributed by atoms with Gasteiger partial charge in [-0.15, -0.1) is 0 Å². The highest BCUT2D eigenvalue weighted by molar-refractivity contribution is 5.79. The maximum Gasteiger partial charge on any atom is 0.340 e. The first kappa shape index (κ1) is 9.39. The van der Waals surface area contributed by atoms with E-state index in [4.69, 9.17) is 16.2 Å². The highest BCUT2D eigenvalue weighted by atomic mass is 16.5. The molecule has 0 saturated carbocycles. The Morgan fingerprint density at radius 1 is 1.50 bits per heavy atom. The Morgan fingerprint density at radius 2 is 1.90 bits per heavy atom. The van der Waals surface area contributed by atoms with Crippen molar-refractivity contribution >= 4 is 5.97 Å². The van der Waals surface area contributed by atoms with Crippen LogP contribution in [0.1, 0.15) is 20.8 Å². The minimum Gasteiger partial charge on any atom is -0.461 e. The molecule has 4 N–H and O–H groups in total. The molecule has 0 aliphatic carbocycles. The molecule has 0 atom stereocenters. The van der Waals surface area contributed by atoms with Gasteiger partial charge in [0.15, 0.2) is 5.66 Å². The van der Waals surface area contributed by atoms with Crippen LogP contribution in [-0.4, -0.2) is 17.7 Å². The second-order valence-electron chi connectivity index (χ2n) is 2.74. The summed E-state index contributed by atoms with van der Waals surface area (Å²) in [6.45, 7) is 4.88. The lowest BCUT2D eigenvalue weighted by Gasteiger charge is -2.18. The lowest BCUT2D eigenvalue weighted by atomic mass is 10.2. The number of rotatable bonds is 2. The number of nitrogens with two attached hydrogens (primary N) is 2. The summed E-state index contributed by atoms with van der Waals surface area (Å²) in [4.78, 5) is 10.8. The molecule has 4 heteroatoms. The van der Waals surface area contributed by atoms with Crippen molar-refractivity contribution < 1.29 is 9.53 Å². The molecule has 0 heterocycles. The third-order valence-corrected chi connectivity index (χ3v) is 0.783. The second kappa shape index (κ2) is 2.98. The van der Waals surface area contributed by atoms with E-state index in [0.29, 0.717) is 0 Å². The predicted octanol–water partition coefficient (Wildman–Crippen LogP) is -0.428. The van der Waals surface area contributed by atoms with Gasteiger partial charge in [-0.25, -0.2) is 4.79 Å². The number of carbonyl (C=O) groups excluding carboxylic acids is 1. The average Bonchev–Trinajstić information content (AvgIpc) is 1.60. The molecule has 0 aromatic heterocycles. The van der Waals surface area contributed by atoms with Crippen molar-refractivity contribution in [1.29, 1.82) is 0 Å². The molecule has 0 spiro atoms. The zero-order valence-electron chi connectivity index (χ0n) is 6.55. The Kier molecular flexibility index (Phi) is 2.80. The SMILES string of the molecule is CC(C)OC(=O)C(C)(N)N. The first-order valence-corrected chi connectivity index (χ1v) is 3.13. The van der Waals surface area contributed by atoms with Crippen LogP contribution in [-0.2, 0) is 9.53 Å². The molecule has 0 fully saturated rings. The standard InChI is InChI=1S/C6H14N2O2/c1-4(2)10-5(9)6(3,7)8/h4H,7-8H2,1-3H3. The van der Waals surface area contributed by atoms with E-state index in [1.807, 2.05) is 0 Å². The third kappa shape index (κ3) is 3.42. The number of carbonyl (C=O) groups is 1. The summed E-state index contributed by atoms with van der Waals surface area (Å²) < 4.78 is 4.73. The van der Waals surface area contributed by atoms with E-state index in [0.717, 1.165) is 0 Å². The minimum absolute atomic E-state index is 0.168. The molecular weight excluding hydrogens is 132 g/mol. The summed E-state index contributed by atoms with van der Waals surface area (Å²) in [5.74, 6) is -0.581. The maximum atomic E-state index is 10.8. The Morgan fingerprint density at radius 3 is 2.00 bits per heavy atom. The number of hydrogen-bond acceptors (Lipinski definition) is 4. The van der Waals surface area contributed by atoms with E-state index < -0.39 is 11.6 Å². The van der Waals surface area contributed by atoms with Crippen LogP contribution in [0.15, 0.2) is 0 Å². The van der Waals surface area contributed by atoms with Crippen molar-refractivity contribution in [2.24, 2.45) is 11.5 Å². The summed E-state index contributed by atoms with van der Waals surface area (Å²) >= 11 is 0.